The molecule has 9 nitrogen and oxygen atoms in total. The highest BCUT2D eigenvalue weighted by atomic mass is 35.5. The monoisotopic (exact) mass is 563 g/mol. The van der Waals surface area contributed by atoms with Crippen LogP contribution >= 0.6 is 23.2 Å². The number of nitrogens with one attached hydrogen (secondary N) is 4. The van der Waals surface area contributed by atoms with Crippen LogP contribution in [0.2, 0.25) is 10.0 Å². The summed E-state index contributed by atoms with van der Waals surface area (Å²) in [5.41, 5.74) is 3.98. The minimum absolute atomic E-state index is 0.0839. The maximum atomic E-state index is 13.0. The van der Waals surface area contributed by atoms with Crippen LogP contribution in [0.15, 0.2) is 66.7 Å². The molecule has 1 atom stereocenters. The van der Waals surface area contributed by atoms with E-state index >= 15 is 0 Å². The van der Waals surface area contributed by atoms with Crippen molar-refractivity contribution in [3.63, 3.8) is 0 Å². The SMILES string of the molecule is O=C(Nc1ccc(Cl)c(Cl)c1)NC(c1ccc(C(=O)Nc2nn[nH]n2)cc1)c1ccc(C2CCCCC2)cc1. The van der Waals surface area contributed by atoms with Crippen molar-refractivity contribution >= 4 is 46.8 Å². The maximum absolute atomic E-state index is 13.0. The van der Waals surface area contributed by atoms with E-state index in [2.05, 4.69) is 60.8 Å². The number of tetrazole rings is 1. The molecule has 1 aliphatic carbocycles. The first-order chi connectivity index (χ1) is 19.0. The number of H-pyrrole nitrogens is 1. The molecule has 3 aromatic carbocycles. The minimum Gasteiger partial charge on any atom is -0.327 e. The Morgan fingerprint density at radius 2 is 1.54 bits per heavy atom. The summed E-state index contributed by atoms with van der Waals surface area (Å²) in [6, 6.07) is 19.4. The van der Waals surface area contributed by atoms with Gasteiger partial charge in [0, 0.05) is 11.3 Å². The average molecular weight is 564 g/mol. The molecule has 0 bridgehead atoms. The number of hydrogen-bond donors (Lipinski definition) is 4. The number of aromatic nitrogens is 4. The molecule has 0 aliphatic heterocycles. The van der Waals surface area contributed by atoms with Crippen LogP contribution in [0.5, 0.6) is 0 Å². The Morgan fingerprint density at radius 3 is 2.18 bits per heavy atom. The van der Waals surface area contributed by atoms with Gasteiger partial charge in [-0.3, -0.25) is 10.1 Å². The predicted octanol–water partition coefficient (Wildman–Crippen LogP) is 6.72. The highest BCUT2D eigenvalue weighted by Gasteiger charge is 2.20. The molecular formula is C28H27Cl2N7O2. The normalized spacial score (nSPS) is 14.4. The number of halogens is 2. The zero-order chi connectivity index (χ0) is 27.2. The van der Waals surface area contributed by atoms with E-state index in [9.17, 15) is 9.59 Å². The van der Waals surface area contributed by atoms with E-state index in [-0.39, 0.29) is 11.9 Å². The molecule has 1 aromatic heterocycles. The largest absolute Gasteiger partial charge is 0.327 e. The summed E-state index contributed by atoms with van der Waals surface area (Å²) in [4.78, 5) is 25.6. The standard InChI is InChI=1S/C28H27Cl2N7O2/c29-23-15-14-22(16-24(23)30)31-28(39)32-25(19-8-6-18(7-9-19)17-4-2-1-3-5-17)20-10-12-21(13-11-20)26(38)33-27-34-36-37-35-27/h6-17,25H,1-5H2,(H2,31,32,39)(H2,33,34,35,36,37,38). The lowest BCUT2D eigenvalue weighted by Gasteiger charge is -2.24. The van der Waals surface area contributed by atoms with E-state index in [4.69, 9.17) is 23.2 Å². The fraction of sp³-hybridized carbons (Fsp3) is 0.250. The second-order valence-electron chi connectivity index (χ2n) is 9.47. The summed E-state index contributed by atoms with van der Waals surface area (Å²) in [6.07, 6.45) is 6.24. The fourth-order valence-corrected chi connectivity index (χ4v) is 5.14. The topological polar surface area (TPSA) is 125 Å². The smallest absolute Gasteiger partial charge is 0.319 e. The molecule has 11 heteroatoms. The third kappa shape index (κ3) is 6.74. The van der Waals surface area contributed by atoms with Crippen molar-refractivity contribution in [2.45, 2.75) is 44.1 Å². The first-order valence-electron chi connectivity index (χ1n) is 12.7. The number of anilines is 2. The number of benzene rings is 3. The van der Waals surface area contributed by atoms with Gasteiger partial charge < -0.3 is 10.6 Å². The highest BCUT2D eigenvalue weighted by molar-refractivity contribution is 6.42. The van der Waals surface area contributed by atoms with Crippen molar-refractivity contribution in [1.82, 2.24) is 25.9 Å². The van der Waals surface area contributed by atoms with Gasteiger partial charge in [0.15, 0.2) is 0 Å². The van der Waals surface area contributed by atoms with Gasteiger partial charge in [-0.25, -0.2) is 4.79 Å². The molecule has 1 heterocycles. The van der Waals surface area contributed by atoms with Crippen molar-refractivity contribution in [2.75, 3.05) is 10.6 Å². The average Bonchev–Trinajstić information content (AvgIpc) is 3.47. The van der Waals surface area contributed by atoms with Crippen LogP contribution in [0.25, 0.3) is 0 Å². The Hall–Kier alpha value is -3.95. The van der Waals surface area contributed by atoms with Crippen LogP contribution in [-0.2, 0) is 0 Å². The molecule has 1 saturated carbocycles. The number of aromatic amines is 1. The highest BCUT2D eigenvalue weighted by Crippen LogP contribution is 2.34. The molecule has 1 aliphatic rings. The first-order valence-corrected chi connectivity index (χ1v) is 13.5. The molecule has 0 radical (unpaired) electrons. The molecule has 0 saturated heterocycles. The van der Waals surface area contributed by atoms with Gasteiger partial charge in [-0.1, -0.05) is 84.0 Å². The van der Waals surface area contributed by atoms with E-state index < -0.39 is 12.1 Å². The van der Waals surface area contributed by atoms with Crippen LogP contribution in [0.4, 0.5) is 16.4 Å². The second kappa shape index (κ2) is 12.3. The lowest BCUT2D eigenvalue weighted by atomic mass is 9.83. The van der Waals surface area contributed by atoms with Crippen LogP contribution in [0.3, 0.4) is 0 Å². The first kappa shape index (κ1) is 26.6. The van der Waals surface area contributed by atoms with Crippen molar-refractivity contribution in [3.05, 3.63) is 99.0 Å². The Morgan fingerprint density at radius 1 is 0.846 bits per heavy atom. The van der Waals surface area contributed by atoms with E-state index in [0.717, 1.165) is 11.1 Å². The summed E-state index contributed by atoms with van der Waals surface area (Å²) < 4.78 is 0. The molecular weight excluding hydrogens is 537 g/mol. The fourth-order valence-electron chi connectivity index (χ4n) is 4.84. The van der Waals surface area contributed by atoms with Crippen molar-refractivity contribution in [2.24, 2.45) is 0 Å². The van der Waals surface area contributed by atoms with E-state index in [1.807, 2.05) is 12.1 Å². The van der Waals surface area contributed by atoms with Gasteiger partial charge in [0.25, 0.3) is 11.9 Å². The number of amides is 3. The Labute approximate surface area is 235 Å². The molecule has 1 fully saturated rings. The van der Waals surface area contributed by atoms with Crippen molar-refractivity contribution < 1.29 is 9.59 Å². The molecule has 3 amide bonds. The van der Waals surface area contributed by atoms with E-state index in [0.29, 0.717) is 27.2 Å². The van der Waals surface area contributed by atoms with Gasteiger partial charge in [-0.2, -0.15) is 5.21 Å². The maximum Gasteiger partial charge on any atom is 0.319 e. The third-order valence-electron chi connectivity index (χ3n) is 6.88. The summed E-state index contributed by atoms with van der Waals surface area (Å²) in [5, 5.41) is 22.4. The van der Waals surface area contributed by atoms with Crippen LogP contribution in [0, 0.1) is 0 Å². The van der Waals surface area contributed by atoms with E-state index in [1.54, 1.807) is 30.3 Å². The minimum atomic E-state index is -0.470. The van der Waals surface area contributed by atoms with Gasteiger partial charge >= 0.3 is 6.03 Å². The summed E-state index contributed by atoms with van der Waals surface area (Å²) >= 11 is 12.1. The predicted molar refractivity (Wildman–Crippen MR) is 151 cm³/mol. The van der Waals surface area contributed by atoms with Crippen LogP contribution < -0.4 is 16.0 Å². The third-order valence-corrected chi connectivity index (χ3v) is 7.62. The van der Waals surface area contributed by atoms with Crippen LogP contribution in [0.1, 0.15) is 71.1 Å². The molecule has 1 unspecified atom stereocenters. The van der Waals surface area contributed by atoms with Gasteiger partial charge in [0.05, 0.1) is 16.1 Å². The molecule has 200 valence electrons. The zero-order valence-electron chi connectivity index (χ0n) is 21.0. The Bertz CT molecular complexity index is 1420. The van der Waals surface area contributed by atoms with Gasteiger partial charge in [-0.15, -0.1) is 5.10 Å². The lowest BCUT2D eigenvalue weighted by molar-refractivity contribution is 0.102. The summed E-state index contributed by atoms with van der Waals surface area (Å²) in [5.74, 6) is 0.288. The number of urea groups is 1. The Kier molecular flexibility index (Phi) is 8.39. The van der Waals surface area contributed by atoms with Gasteiger partial charge in [0.1, 0.15) is 0 Å². The molecule has 4 aromatic rings. The quantitative estimate of drug-likeness (QED) is 0.198. The molecule has 4 N–H and O–H groups in total. The van der Waals surface area contributed by atoms with Crippen molar-refractivity contribution in [1.29, 1.82) is 0 Å². The summed E-state index contributed by atoms with van der Waals surface area (Å²) in [6.45, 7) is 0. The Balaban J connectivity index is 1.37. The summed E-state index contributed by atoms with van der Waals surface area (Å²) in [7, 11) is 0. The number of nitrogens with zero attached hydrogens (tertiary/aromatic N) is 3. The zero-order valence-corrected chi connectivity index (χ0v) is 22.5. The van der Waals surface area contributed by atoms with Crippen molar-refractivity contribution in [3.8, 4) is 0 Å². The van der Waals surface area contributed by atoms with Gasteiger partial charge in [0.2, 0.25) is 0 Å². The molecule has 5 rings (SSSR count). The number of hydrogen-bond acceptors (Lipinski definition) is 5. The second-order valence-corrected chi connectivity index (χ2v) is 10.3. The molecule has 0 spiro atoms. The molecule has 39 heavy (non-hydrogen) atoms. The number of rotatable bonds is 7. The van der Waals surface area contributed by atoms with Crippen LogP contribution in [-0.4, -0.2) is 32.6 Å². The number of carbonyl (C=O) groups is 2. The number of carbonyl (C=O) groups excluding carboxylic acids is 2. The van der Waals surface area contributed by atoms with E-state index in [1.165, 1.54) is 37.7 Å². The van der Waals surface area contributed by atoms with Gasteiger partial charge in [-0.05, 0) is 71.0 Å². The lowest BCUT2D eigenvalue weighted by Crippen LogP contribution is -2.33.